The molecule has 1 unspecified atom stereocenters. The number of aliphatic hydroxyl groups is 1. The van der Waals surface area contributed by atoms with Gasteiger partial charge < -0.3 is 15.5 Å². The number of hydrogen-bond acceptors (Lipinski definition) is 4. The van der Waals surface area contributed by atoms with Crippen LogP contribution in [0.3, 0.4) is 0 Å². The fourth-order valence-corrected chi connectivity index (χ4v) is 3.18. The molecule has 0 bridgehead atoms. The first-order chi connectivity index (χ1) is 11.0. The van der Waals surface area contributed by atoms with E-state index in [9.17, 15) is 19.8 Å². The van der Waals surface area contributed by atoms with Crippen molar-refractivity contribution in [2.75, 3.05) is 26.2 Å². The first-order valence-electron chi connectivity index (χ1n) is 7.92. The first kappa shape index (κ1) is 17.4. The average molecular weight is 320 g/mol. The third-order valence-corrected chi connectivity index (χ3v) is 4.39. The lowest BCUT2D eigenvalue weighted by Crippen LogP contribution is -2.58. The Bertz CT molecular complexity index is 549. The maximum absolute atomic E-state index is 12.0. The van der Waals surface area contributed by atoms with Crippen molar-refractivity contribution < 1.29 is 19.8 Å². The Balaban J connectivity index is 2.18. The topological polar surface area (TPSA) is 89.9 Å². The Morgan fingerprint density at radius 3 is 2.65 bits per heavy atom. The van der Waals surface area contributed by atoms with E-state index in [1.807, 2.05) is 42.2 Å². The number of aliphatic carboxylic acids is 1. The van der Waals surface area contributed by atoms with Gasteiger partial charge in [0.05, 0.1) is 12.6 Å². The molecule has 1 saturated heterocycles. The van der Waals surface area contributed by atoms with E-state index in [0.717, 1.165) is 5.56 Å². The number of benzene rings is 1. The van der Waals surface area contributed by atoms with Gasteiger partial charge >= 0.3 is 5.97 Å². The van der Waals surface area contributed by atoms with Crippen molar-refractivity contribution >= 4 is 11.9 Å². The lowest BCUT2D eigenvalue weighted by atomic mass is 9.73. The summed E-state index contributed by atoms with van der Waals surface area (Å²) in [6.07, 6.45) is -0.333. The lowest BCUT2D eigenvalue weighted by molar-refractivity contribution is -0.164. The number of carboxylic acids is 1. The molecule has 1 aromatic carbocycles. The van der Waals surface area contributed by atoms with Crippen LogP contribution in [0.25, 0.3) is 0 Å². The molecule has 6 heteroatoms. The molecule has 2 rings (SSSR count). The summed E-state index contributed by atoms with van der Waals surface area (Å²) in [5, 5.41) is 22.9. The number of amides is 1. The molecule has 1 aromatic rings. The summed E-state index contributed by atoms with van der Waals surface area (Å²) >= 11 is 0. The number of carbonyl (C=O) groups is 2. The number of carboxylic acid groups (broad SMARTS) is 1. The molecule has 6 nitrogen and oxygen atoms in total. The van der Waals surface area contributed by atoms with E-state index in [0.29, 0.717) is 19.5 Å². The summed E-state index contributed by atoms with van der Waals surface area (Å²) in [7, 11) is 0. The average Bonchev–Trinajstić information content (AvgIpc) is 2.51. The van der Waals surface area contributed by atoms with Gasteiger partial charge in [0.2, 0.25) is 5.91 Å². The summed E-state index contributed by atoms with van der Waals surface area (Å²) in [5.74, 6) is -1.14. The van der Waals surface area contributed by atoms with Gasteiger partial charge in [-0.3, -0.25) is 14.5 Å². The molecular formula is C17H24N2O4. The smallest absolute Gasteiger partial charge is 0.313 e. The molecule has 0 aromatic heterocycles. The monoisotopic (exact) mass is 320 g/mol. The lowest BCUT2D eigenvalue weighted by Gasteiger charge is -2.43. The molecule has 1 aliphatic rings. The molecule has 3 N–H and O–H groups in total. The van der Waals surface area contributed by atoms with E-state index in [1.165, 1.54) is 0 Å². The minimum absolute atomic E-state index is 0.122. The second-order valence-corrected chi connectivity index (χ2v) is 6.09. The minimum Gasteiger partial charge on any atom is -0.481 e. The highest BCUT2D eigenvalue weighted by atomic mass is 16.4. The van der Waals surface area contributed by atoms with Gasteiger partial charge in [0, 0.05) is 19.6 Å². The SMILES string of the molecule is CCNC(=O)CN1CCC(O)[C@@](Cc2ccccc2)(C(=O)O)C1. The van der Waals surface area contributed by atoms with Crippen LogP contribution in [0.15, 0.2) is 30.3 Å². The third kappa shape index (κ3) is 4.09. The van der Waals surface area contributed by atoms with Crippen LogP contribution in [0.5, 0.6) is 0 Å². The molecule has 0 spiro atoms. The predicted octanol–water partition coefficient (Wildman–Crippen LogP) is 0.503. The van der Waals surface area contributed by atoms with Crippen LogP contribution in [0.2, 0.25) is 0 Å². The quantitative estimate of drug-likeness (QED) is 0.710. The molecule has 23 heavy (non-hydrogen) atoms. The van der Waals surface area contributed by atoms with E-state index >= 15 is 0 Å². The van der Waals surface area contributed by atoms with Crippen molar-refractivity contribution in [1.82, 2.24) is 10.2 Å². The van der Waals surface area contributed by atoms with Crippen molar-refractivity contribution in [1.29, 1.82) is 0 Å². The molecular weight excluding hydrogens is 296 g/mol. The first-order valence-corrected chi connectivity index (χ1v) is 7.92. The molecule has 126 valence electrons. The molecule has 1 heterocycles. The zero-order chi connectivity index (χ0) is 16.9. The highest BCUT2D eigenvalue weighted by Crippen LogP contribution is 2.34. The van der Waals surface area contributed by atoms with Crippen molar-refractivity contribution in [3.8, 4) is 0 Å². The Morgan fingerprint density at radius 1 is 1.35 bits per heavy atom. The standard InChI is InChI=1S/C17H24N2O4/c1-2-18-15(21)11-19-9-8-14(20)17(12-19,16(22)23)10-13-6-4-3-5-7-13/h3-7,14,20H,2,8-12H2,1H3,(H,18,21)(H,22,23)/t14?,17-/m0/s1. The van der Waals surface area contributed by atoms with Gasteiger partial charge in [-0.2, -0.15) is 0 Å². The Kier molecular flexibility index (Phi) is 5.74. The zero-order valence-electron chi connectivity index (χ0n) is 13.4. The van der Waals surface area contributed by atoms with E-state index in [2.05, 4.69) is 5.32 Å². The normalized spacial score (nSPS) is 25.0. The number of nitrogens with one attached hydrogen (secondary N) is 1. The molecule has 1 fully saturated rings. The van der Waals surface area contributed by atoms with Gasteiger partial charge in [-0.15, -0.1) is 0 Å². The number of rotatable bonds is 6. The van der Waals surface area contributed by atoms with E-state index in [-0.39, 0.29) is 25.4 Å². The minimum atomic E-state index is -1.29. The van der Waals surface area contributed by atoms with E-state index in [1.54, 1.807) is 0 Å². The molecule has 2 atom stereocenters. The van der Waals surface area contributed by atoms with Crippen LogP contribution in [-0.2, 0) is 16.0 Å². The van der Waals surface area contributed by atoms with Gasteiger partial charge in [-0.05, 0) is 25.3 Å². The van der Waals surface area contributed by atoms with Gasteiger partial charge in [0.15, 0.2) is 0 Å². The molecule has 0 saturated carbocycles. The van der Waals surface area contributed by atoms with Crippen molar-refractivity contribution in [3.05, 3.63) is 35.9 Å². The Hall–Kier alpha value is -1.92. The predicted molar refractivity (Wildman–Crippen MR) is 86.0 cm³/mol. The van der Waals surface area contributed by atoms with E-state index in [4.69, 9.17) is 0 Å². The highest BCUT2D eigenvalue weighted by molar-refractivity contribution is 5.79. The van der Waals surface area contributed by atoms with Crippen LogP contribution in [0, 0.1) is 5.41 Å². The fraction of sp³-hybridized carbons (Fsp3) is 0.529. The number of likely N-dealkylation sites (tertiary alicyclic amines) is 1. The number of likely N-dealkylation sites (N-methyl/N-ethyl adjacent to an activating group) is 1. The maximum Gasteiger partial charge on any atom is 0.313 e. The van der Waals surface area contributed by atoms with Gasteiger partial charge in [-0.1, -0.05) is 30.3 Å². The van der Waals surface area contributed by atoms with E-state index < -0.39 is 17.5 Å². The van der Waals surface area contributed by atoms with Gasteiger partial charge in [0.1, 0.15) is 5.41 Å². The van der Waals surface area contributed by atoms with Crippen molar-refractivity contribution in [2.24, 2.45) is 5.41 Å². The summed E-state index contributed by atoms with van der Waals surface area (Å²) in [5.41, 5.74) is -0.416. The molecule has 1 aliphatic heterocycles. The number of nitrogens with zero attached hydrogens (tertiary/aromatic N) is 1. The number of piperidine rings is 1. The maximum atomic E-state index is 12.0. The number of carbonyl (C=O) groups excluding carboxylic acids is 1. The molecule has 1 amide bonds. The number of hydrogen-bond donors (Lipinski definition) is 3. The molecule has 0 radical (unpaired) electrons. The number of aliphatic hydroxyl groups excluding tert-OH is 1. The molecule has 0 aliphatic carbocycles. The highest BCUT2D eigenvalue weighted by Gasteiger charge is 2.49. The van der Waals surface area contributed by atoms with Crippen LogP contribution in [0.1, 0.15) is 18.9 Å². The summed E-state index contributed by atoms with van der Waals surface area (Å²) in [4.78, 5) is 25.5. The second kappa shape index (κ2) is 7.57. The Morgan fingerprint density at radius 2 is 2.04 bits per heavy atom. The third-order valence-electron chi connectivity index (χ3n) is 4.39. The van der Waals surface area contributed by atoms with Crippen molar-refractivity contribution in [3.63, 3.8) is 0 Å². The summed E-state index contributed by atoms with van der Waals surface area (Å²) in [6.45, 7) is 3.22. The van der Waals surface area contributed by atoms with Crippen LogP contribution in [-0.4, -0.2) is 59.3 Å². The summed E-state index contributed by atoms with van der Waals surface area (Å²) in [6, 6.07) is 9.30. The van der Waals surface area contributed by atoms with Gasteiger partial charge in [0.25, 0.3) is 0 Å². The largest absolute Gasteiger partial charge is 0.481 e. The van der Waals surface area contributed by atoms with Crippen LogP contribution >= 0.6 is 0 Å². The summed E-state index contributed by atoms with van der Waals surface area (Å²) < 4.78 is 0. The fourth-order valence-electron chi connectivity index (χ4n) is 3.18. The second-order valence-electron chi connectivity index (χ2n) is 6.09. The van der Waals surface area contributed by atoms with Crippen LogP contribution in [0.4, 0.5) is 0 Å². The van der Waals surface area contributed by atoms with Crippen molar-refractivity contribution in [2.45, 2.75) is 25.9 Å². The van der Waals surface area contributed by atoms with Gasteiger partial charge in [-0.25, -0.2) is 0 Å². The zero-order valence-corrected chi connectivity index (χ0v) is 13.4. The van der Waals surface area contributed by atoms with Crippen LogP contribution < -0.4 is 5.32 Å². The Labute approximate surface area is 136 Å².